The molecule has 0 spiro atoms. The molecule has 2 aliphatic heterocycles. The number of benzene rings is 1. The highest BCUT2D eigenvalue weighted by atomic mass is 16.7. The Morgan fingerprint density at radius 3 is 2.75 bits per heavy atom. The van der Waals surface area contributed by atoms with E-state index in [4.69, 9.17) is 5.53 Å². The van der Waals surface area contributed by atoms with Crippen molar-refractivity contribution >= 4 is 11.8 Å². The van der Waals surface area contributed by atoms with E-state index in [2.05, 4.69) is 15.0 Å². The molecule has 0 amide bonds. The van der Waals surface area contributed by atoms with Gasteiger partial charge in [-0.3, -0.25) is 9.69 Å². The van der Waals surface area contributed by atoms with Gasteiger partial charge in [0, 0.05) is 22.6 Å². The van der Waals surface area contributed by atoms with Crippen LogP contribution in [-0.4, -0.2) is 47.0 Å². The SMILES string of the molecule is CN1[C@H]2CC[C@@H]1[C@](C(=O)ON=[N+]=[N-])(C(=O)c1ccccc1)[C@@H](O)C2. The molecule has 0 unspecified atom stereocenters. The number of fused-ring (bicyclic) bond motifs is 2. The largest absolute Gasteiger partial charge is 0.391 e. The molecule has 2 fully saturated rings. The summed E-state index contributed by atoms with van der Waals surface area (Å²) < 4.78 is 0. The van der Waals surface area contributed by atoms with Gasteiger partial charge in [-0.15, -0.1) is 0 Å². The van der Waals surface area contributed by atoms with Crippen LogP contribution in [0, 0.1) is 5.41 Å². The molecule has 0 aliphatic carbocycles. The van der Waals surface area contributed by atoms with E-state index in [1.807, 2.05) is 11.9 Å². The van der Waals surface area contributed by atoms with Crippen LogP contribution in [0.3, 0.4) is 0 Å². The lowest BCUT2D eigenvalue weighted by Crippen LogP contribution is -2.64. The van der Waals surface area contributed by atoms with Crippen molar-refractivity contribution in [3.8, 4) is 0 Å². The molecule has 2 aliphatic rings. The first-order valence-electron chi connectivity index (χ1n) is 7.79. The molecule has 4 atom stereocenters. The summed E-state index contributed by atoms with van der Waals surface area (Å²) in [6, 6.07) is 7.95. The molecule has 2 heterocycles. The number of nitrogens with zero attached hydrogens (tertiary/aromatic N) is 4. The molecule has 126 valence electrons. The van der Waals surface area contributed by atoms with E-state index in [0.29, 0.717) is 12.0 Å². The Morgan fingerprint density at radius 2 is 2.08 bits per heavy atom. The molecule has 1 N–H and O–H groups in total. The quantitative estimate of drug-likeness (QED) is 0.226. The lowest BCUT2D eigenvalue weighted by molar-refractivity contribution is -0.169. The maximum Gasteiger partial charge on any atom is 0.336 e. The Morgan fingerprint density at radius 1 is 1.38 bits per heavy atom. The fourth-order valence-electron chi connectivity index (χ4n) is 4.14. The highest BCUT2D eigenvalue weighted by Gasteiger charge is 2.65. The molecule has 0 aromatic heterocycles. The van der Waals surface area contributed by atoms with E-state index in [0.717, 1.165) is 6.42 Å². The molecule has 8 heteroatoms. The van der Waals surface area contributed by atoms with Crippen molar-refractivity contribution in [3.63, 3.8) is 0 Å². The van der Waals surface area contributed by atoms with Crippen molar-refractivity contribution in [2.24, 2.45) is 10.7 Å². The van der Waals surface area contributed by atoms with E-state index in [1.54, 1.807) is 30.3 Å². The number of ketones is 1. The van der Waals surface area contributed by atoms with Crippen LogP contribution in [0.15, 0.2) is 35.6 Å². The highest BCUT2D eigenvalue weighted by molar-refractivity contribution is 6.14. The summed E-state index contributed by atoms with van der Waals surface area (Å²) >= 11 is 0. The summed E-state index contributed by atoms with van der Waals surface area (Å²) in [7, 11) is 1.84. The van der Waals surface area contributed by atoms with Crippen molar-refractivity contribution in [1.29, 1.82) is 0 Å². The summed E-state index contributed by atoms with van der Waals surface area (Å²) in [4.78, 5) is 35.0. The predicted molar refractivity (Wildman–Crippen MR) is 83.6 cm³/mol. The zero-order chi connectivity index (χ0) is 17.3. The highest BCUT2D eigenvalue weighted by Crippen LogP contribution is 2.48. The Bertz CT molecular complexity index is 703. The number of rotatable bonds is 4. The fourth-order valence-corrected chi connectivity index (χ4v) is 4.14. The van der Waals surface area contributed by atoms with Crippen LogP contribution in [-0.2, 0) is 9.63 Å². The van der Waals surface area contributed by atoms with E-state index in [1.165, 1.54) is 0 Å². The van der Waals surface area contributed by atoms with Gasteiger partial charge in [0.15, 0.2) is 11.2 Å². The van der Waals surface area contributed by atoms with E-state index in [-0.39, 0.29) is 12.5 Å². The Balaban J connectivity index is 2.12. The second kappa shape index (κ2) is 6.24. The average Bonchev–Trinajstić information content (AvgIpc) is 2.86. The first kappa shape index (κ1) is 16.4. The van der Waals surface area contributed by atoms with Crippen LogP contribution >= 0.6 is 0 Å². The number of carbonyl (C=O) groups is 2. The summed E-state index contributed by atoms with van der Waals surface area (Å²) in [6.07, 6.45) is 0.468. The number of carbonyl (C=O) groups excluding carboxylic acids is 2. The van der Waals surface area contributed by atoms with Crippen molar-refractivity contribution in [3.05, 3.63) is 46.3 Å². The second-order valence-electron chi connectivity index (χ2n) is 6.28. The predicted octanol–water partition coefficient (Wildman–Crippen LogP) is 1.85. The smallest absolute Gasteiger partial charge is 0.336 e. The molecule has 3 rings (SSSR count). The Hall–Kier alpha value is -2.41. The maximum atomic E-state index is 13.2. The van der Waals surface area contributed by atoms with Gasteiger partial charge in [0.05, 0.1) is 6.10 Å². The van der Waals surface area contributed by atoms with Gasteiger partial charge in [-0.05, 0) is 31.8 Å². The van der Waals surface area contributed by atoms with Gasteiger partial charge in [0.1, 0.15) is 5.28 Å². The minimum atomic E-state index is -1.79. The number of aliphatic hydroxyl groups excluding tert-OH is 1. The third-order valence-corrected chi connectivity index (χ3v) is 5.30. The van der Waals surface area contributed by atoms with Gasteiger partial charge in [-0.2, -0.15) is 0 Å². The number of aliphatic hydroxyl groups is 1. The molecule has 2 saturated heterocycles. The van der Waals surface area contributed by atoms with Crippen LogP contribution in [0.2, 0.25) is 0 Å². The van der Waals surface area contributed by atoms with Crippen LogP contribution < -0.4 is 0 Å². The van der Waals surface area contributed by atoms with Crippen LogP contribution in [0.4, 0.5) is 0 Å². The molecule has 0 radical (unpaired) electrons. The normalized spacial score (nSPS) is 32.0. The average molecular weight is 330 g/mol. The number of hydrogen-bond donors (Lipinski definition) is 1. The van der Waals surface area contributed by atoms with Crippen molar-refractivity contribution < 1.29 is 19.5 Å². The van der Waals surface area contributed by atoms with Crippen LogP contribution in [0.5, 0.6) is 0 Å². The Labute approximate surface area is 138 Å². The summed E-state index contributed by atoms with van der Waals surface area (Å²) in [5, 5.41) is 13.6. The Kier molecular flexibility index (Phi) is 4.28. The minimum Gasteiger partial charge on any atom is -0.391 e. The van der Waals surface area contributed by atoms with Crippen LogP contribution in [0.25, 0.3) is 10.4 Å². The summed E-state index contributed by atoms with van der Waals surface area (Å²) in [6.45, 7) is 0. The van der Waals surface area contributed by atoms with E-state index in [9.17, 15) is 14.7 Å². The first-order chi connectivity index (χ1) is 11.5. The molecule has 24 heavy (non-hydrogen) atoms. The zero-order valence-corrected chi connectivity index (χ0v) is 13.2. The summed E-state index contributed by atoms with van der Waals surface area (Å²) in [5.41, 5.74) is 6.94. The second-order valence-corrected chi connectivity index (χ2v) is 6.28. The lowest BCUT2D eigenvalue weighted by Gasteiger charge is -2.47. The topological polar surface area (TPSA) is 116 Å². The zero-order valence-electron chi connectivity index (χ0n) is 13.2. The fraction of sp³-hybridized carbons (Fsp3) is 0.500. The lowest BCUT2D eigenvalue weighted by atomic mass is 9.67. The van der Waals surface area contributed by atoms with E-state index < -0.39 is 29.3 Å². The summed E-state index contributed by atoms with van der Waals surface area (Å²) in [5.74, 6) is -1.51. The standard InChI is InChI=1S/C16H18N4O4/c1-20-11-7-8-12(20)16(13(21)9-11,15(23)24-19-18-17)14(22)10-5-3-2-4-6-10/h2-6,11-13,21H,7-9H2,1H3/t11-,12+,13-,16+/m0/s1. The van der Waals surface area contributed by atoms with Crippen molar-refractivity contribution in [2.75, 3.05) is 7.05 Å². The third-order valence-electron chi connectivity index (χ3n) is 5.30. The molecule has 8 nitrogen and oxygen atoms in total. The molecular formula is C16H18N4O4. The van der Waals surface area contributed by atoms with Crippen molar-refractivity contribution in [2.45, 2.75) is 37.5 Å². The third kappa shape index (κ3) is 2.27. The van der Waals surface area contributed by atoms with E-state index >= 15 is 0 Å². The van der Waals surface area contributed by atoms with Gasteiger partial charge in [0.2, 0.25) is 0 Å². The molecule has 2 bridgehead atoms. The molecular weight excluding hydrogens is 312 g/mol. The van der Waals surface area contributed by atoms with Gasteiger partial charge in [0.25, 0.3) is 0 Å². The minimum absolute atomic E-state index is 0.119. The van der Waals surface area contributed by atoms with Gasteiger partial charge in [-0.1, -0.05) is 30.3 Å². The monoisotopic (exact) mass is 330 g/mol. The number of Topliss-reactive ketones (excluding diaryl/α,β-unsaturated/α-hetero) is 1. The van der Waals surface area contributed by atoms with Gasteiger partial charge in [-0.25, -0.2) is 4.79 Å². The molecule has 1 aromatic rings. The molecule has 0 saturated carbocycles. The van der Waals surface area contributed by atoms with Gasteiger partial charge >= 0.3 is 5.97 Å². The molecule has 1 aromatic carbocycles. The first-order valence-corrected chi connectivity index (χ1v) is 7.79. The van der Waals surface area contributed by atoms with Crippen LogP contribution in [0.1, 0.15) is 29.6 Å². The number of hydrogen-bond acceptors (Lipinski definition) is 6. The van der Waals surface area contributed by atoms with Gasteiger partial charge < -0.3 is 9.94 Å². The number of piperidine rings is 1. The maximum absolute atomic E-state index is 13.2. The van der Waals surface area contributed by atoms with Crippen molar-refractivity contribution in [1.82, 2.24) is 4.90 Å². The number of azide groups is 1.